The van der Waals surface area contributed by atoms with Crippen LogP contribution in [0.15, 0.2) is 30.3 Å². The molecule has 1 amide bonds. The molecule has 0 aliphatic rings. The highest BCUT2D eigenvalue weighted by molar-refractivity contribution is 5.90. The summed E-state index contributed by atoms with van der Waals surface area (Å²) >= 11 is 0. The molecule has 1 aromatic carbocycles. The maximum absolute atomic E-state index is 13.3. The Labute approximate surface area is 154 Å². The van der Waals surface area contributed by atoms with E-state index < -0.39 is 29.3 Å². The van der Waals surface area contributed by atoms with Crippen LogP contribution < -0.4 is 10.1 Å². The number of halogens is 2. The van der Waals surface area contributed by atoms with Gasteiger partial charge in [0.1, 0.15) is 34.6 Å². The number of benzene rings is 1. The van der Waals surface area contributed by atoms with Gasteiger partial charge in [-0.3, -0.25) is 5.32 Å². The molecule has 0 saturated heterocycles. The predicted octanol–water partition coefficient (Wildman–Crippen LogP) is 4.29. The predicted molar refractivity (Wildman–Crippen MR) is 91.9 cm³/mol. The minimum atomic E-state index is -0.834. The third kappa shape index (κ3) is 6.21. The number of esters is 1. The third-order valence-electron chi connectivity index (χ3n) is 2.89. The van der Waals surface area contributed by atoms with E-state index in [9.17, 15) is 18.4 Å². The fraction of sp³-hybridized carbons (Fsp3) is 0.278. The van der Waals surface area contributed by atoms with Crippen LogP contribution in [-0.4, -0.2) is 29.8 Å². The lowest BCUT2D eigenvalue weighted by atomic mass is 10.2. The smallest absolute Gasteiger partial charge is 0.413 e. The van der Waals surface area contributed by atoms with Crippen molar-refractivity contribution in [3.63, 3.8) is 0 Å². The van der Waals surface area contributed by atoms with Gasteiger partial charge in [0.25, 0.3) is 0 Å². The molecule has 7 nitrogen and oxygen atoms in total. The first kappa shape index (κ1) is 20.1. The van der Waals surface area contributed by atoms with E-state index in [0.717, 1.165) is 19.2 Å². The minimum Gasteiger partial charge on any atom is -0.464 e. The van der Waals surface area contributed by atoms with E-state index in [1.165, 1.54) is 12.1 Å². The molecular formula is C18H18F2N2O5. The molecule has 0 bridgehead atoms. The van der Waals surface area contributed by atoms with Crippen LogP contribution in [0.4, 0.5) is 19.4 Å². The van der Waals surface area contributed by atoms with E-state index in [0.29, 0.717) is 6.07 Å². The summed E-state index contributed by atoms with van der Waals surface area (Å²) in [6.45, 7) is 5.04. The van der Waals surface area contributed by atoms with Gasteiger partial charge in [0.2, 0.25) is 0 Å². The highest BCUT2D eigenvalue weighted by Gasteiger charge is 2.19. The zero-order valence-corrected chi connectivity index (χ0v) is 15.1. The molecule has 1 N–H and O–H groups in total. The van der Waals surface area contributed by atoms with Crippen molar-refractivity contribution in [2.24, 2.45) is 0 Å². The Bertz CT molecular complexity index is 845. The number of amides is 1. The molecule has 2 rings (SSSR count). The summed E-state index contributed by atoms with van der Waals surface area (Å²) in [6, 6.07) is 5.08. The van der Waals surface area contributed by atoms with Crippen LogP contribution in [0.2, 0.25) is 0 Å². The molecule has 0 saturated carbocycles. The van der Waals surface area contributed by atoms with Crippen LogP contribution in [0.25, 0.3) is 0 Å². The summed E-state index contributed by atoms with van der Waals surface area (Å²) in [5.74, 6) is -2.67. The van der Waals surface area contributed by atoms with Crippen molar-refractivity contribution < 1.29 is 32.6 Å². The Morgan fingerprint density at radius 1 is 1.00 bits per heavy atom. The van der Waals surface area contributed by atoms with Gasteiger partial charge in [-0.2, -0.15) is 0 Å². The quantitative estimate of drug-likeness (QED) is 0.797. The van der Waals surface area contributed by atoms with Crippen LogP contribution in [0.1, 0.15) is 31.3 Å². The number of nitrogens with zero attached hydrogens (tertiary/aromatic N) is 1. The standard InChI is InChI=1S/C18H18F2N2O5/c1-18(2,3)27-17(24)22-15-9-13(8-14(21-15)16(23)25-4)26-12-6-10(19)5-11(20)7-12/h5-9H,1-4H3,(H,21,22,24). The van der Waals surface area contributed by atoms with Gasteiger partial charge < -0.3 is 14.2 Å². The number of aromatic nitrogens is 1. The summed E-state index contributed by atoms with van der Waals surface area (Å²) in [5.41, 5.74) is -0.930. The Morgan fingerprint density at radius 2 is 1.59 bits per heavy atom. The number of methoxy groups -OCH3 is 1. The zero-order valence-electron chi connectivity index (χ0n) is 15.1. The lowest BCUT2D eigenvalue weighted by Gasteiger charge is -2.19. The number of carbonyl (C=O) groups excluding carboxylic acids is 2. The van der Waals surface area contributed by atoms with Gasteiger partial charge in [-0.1, -0.05) is 0 Å². The molecule has 0 spiro atoms. The average molecular weight is 380 g/mol. The van der Waals surface area contributed by atoms with Crippen LogP contribution in [-0.2, 0) is 9.47 Å². The molecule has 0 aliphatic carbocycles. The van der Waals surface area contributed by atoms with E-state index in [1.54, 1.807) is 20.8 Å². The lowest BCUT2D eigenvalue weighted by molar-refractivity contribution is 0.0588. The van der Waals surface area contributed by atoms with Crippen molar-refractivity contribution in [3.8, 4) is 11.5 Å². The number of anilines is 1. The molecule has 0 atom stereocenters. The number of ether oxygens (including phenoxy) is 3. The van der Waals surface area contributed by atoms with Crippen molar-refractivity contribution in [1.29, 1.82) is 0 Å². The van der Waals surface area contributed by atoms with Gasteiger partial charge in [0.05, 0.1) is 7.11 Å². The molecule has 144 valence electrons. The second kappa shape index (κ2) is 7.98. The van der Waals surface area contributed by atoms with Gasteiger partial charge in [0, 0.05) is 30.3 Å². The van der Waals surface area contributed by atoms with Gasteiger partial charge >= 0.3 is 12.1 Å². The van der Waals surface area contributed by atoms with Crippen LogP contribution in [0.3, 0.4) is 0 Å². The van der Waals surface area contributed by atoms with E-state index in [4.69, 9.17) is 9.47 Å². The number of rotatable bonds is 4. The Kier molecular flexibility index (Phi) is 5.94. The first-order chi connectivity index (χ1) is 12.6. The van der Waals surface area contributed by atoms with E-state index in [1.807, 2.05) is 0 Å². The molecule has 2 aromatic rings. The van der Waals surface area contributed by atoms with Crippen molar-refractivity contribution in [1.82, 2.24) is 4.98 Å². The van der Waals surface area contributed by atoms with E-state index >= 15 is 0 Å². The number of hydrogen-bond donors (Lipinski definition) is 1. The molecule has 0 radical (unpaired) electrons. The second-order valence-corrected chi connectivity index (χ2v) is 6.40. The summed E-state index contributed by atoms with van der Waals surface area (Å²) < 4.78 is 41.7. The number of carbonyl (C=O) groups is 2. The van der Waals surface area contributed by atoms with E-state index in [2.05, 4.69) is 15.0 Å². The summed E-state index contributed by atoms with van der Waals surface area (Å²) in [7, 11) is 1.15. The van der Waals surface area contributed by atoms with Gasteiger partial charge in [0.15, 0.2) is 5.69 Å². The molecule has 0 fully saturated rings. The maximum Gasteiger partial charge on any atom is 0.413 e. The highest BCUT2D eigenvalue weighted by atomic mass is 19.1. The summed E-state index contributed by atoms with van der Waals surface area (Å²) in [4.78, 5) is 27.6. The monoisotopic (exact) mass is 380 g/mol. The SMILES string of the molecule is COC(=O)c1cc(Oc2cc(F)cc(F)c2)cc(NC(=O)OC(C)(C)C)n1. The zero-order chi connectivity index (χ0) is 20.2. The average Bonchev–Trinajstić information content (AvgIpc) is 2.50. The summed E-state index contributed by atoms with van der Waals surface area (Å²) in [6.07, 6.45) is -0.806. The summed E-state index contributed by atoms with van der Waals surface area (Å²) in [5, 5.41) is 2.36. The number of hydrogen-bond acceptors (Lipinski definition) is 6. The van der Waals surface area contributed by atoms with E-state index in [-0.39, 0.29) is 23.0 Å². The van der Waals surface area contributed by atoms with Gasteiger partial charge in [-0.25, -0.2) is 23.4 Å². The Hall–Kier alpha value is -3.23. The maximum atomic E-state index is 13.3. The molecule has 1 heterocycles. The van der Waals surface area contributed by atoms with Crippen LogP contribution in [0.5, 0.6) is 11.5 Å². The topological polar surface area (TPSA) is 86.8 Å². The van der Waals surface area contributed by atoms with Gasteiger partial charge in [-0.05, 0) is 20.8 Å². The number of pyridine rings is 1. The van der Waals surface area contributed by atoms with Crippen LogP contribution in [0, 0.1) is 11.6 Å². The fourth-order valence-corrected chi connectivity index (χ4v) is 1.97. The molecule has 27 heavy (non-hydrogen) atoms. The molecule has 0 unspecified atom stereocenters. The normalized spacial score (nSPS) is 10.9. The van der Waals surface area contributed by atoms with Crippen molar-refractivity contribution in [2.75, 3.05) is 12.4 Å². The third-order valence-corrected chi connectivity index (χ3v) is 2.89. The minimum absolute atomic E-state index is 0.00135. The van der Waals surface area contributed by atoms with Gasteiger partial charge in [-0.15, -0.1) is 0 Å². The molecule has 1 aromatic heterocycles. The molecule has 0 aliphatic heterocycles. The first-order valence-corrected chi connectivity index (χ1v) is 7.80. The highest BCUT2D eigenvalue weighted by Crippen LogP contribution is 2.26. The molecular weight excluding hydrogens is 362 g/mol. The van der Waals surface area contributed by atoms with Crippen LogP contribution >= 0.6 is 0 Å². The Morgan fingerprint density at radius 3 is 2.15 bits per heavy atom. The molecule has 9 heteroatoms. The fourth-order valence-electron chi connectivity index (χ4n) is 1.97. The number of nitrogens with one attached hydrogen (secondary N) is 1. The van der Waals surface area contributed by atoms with Crippen molar-refractivity contribution in [2.45, 2.75) is 26.4 Å². The second-order valence-electron chi connectivity index (χ2n) is 6.40. The largest absolute Gasteiger partial charge is 0.464 e. The Balaban J connectivity index is 2.33. The first-order valence-electron chi connectivity index (χ1n) is 7.80. The van der Waals surface area contributed by atoms with Crippen molar-refractivity contribution in [3.05, 3.63) is 47.7 Å². The lowest BCUT2D eigenvalue weighted by Crippen LogP contribution is -2.27. The van der Waals surface area contributed by atoms with Crippen molar-refractivity contribution >= 4 is 17.9 Å².